The van der Waals surface area contributed by atoms with E-state index >= 15 is 0 Å². The molecule has 1 fully saturated rings. The number of nitrogens with zero attached hydrogens (tertiary/aromatic N) is 3. The highest BCUT2D eigenvalue weighted by atomic mass is 19.3. The van der Waals surface area contributed by atoms with Gasteiger partial charge >= 0.3 is 0 Å². The van der Waals surface area contributed by atoms with Gasteiger partial charge in [-0.1, -0.05) is 0 Å². The second kappa shape index (κ2) is 7.75. The van der Waals surface area contributed by atoms with Gasteiger partial charge in [0.2, 0.25) is 0 Å². The van der Waals surface area contributed by atoms with Crippen LogP contribution in [0.2, 0.25) is 0 Å². The quantitative estimate of drug-likeness (QED) is 0.722. The molecule has 1 aliphatic rings. The Hall–Kier alpha value is -2.67. The molecule has 0 spiro atoms. The summed E-state index contributed by atoms with van der Waals surface area (Å²) in [4.78, 5) is 13.7. The number of nitrogens with one attached hydrogen (secondary N) is 1. The van der Waals surface area contributed by atoms with Gasteiger partial charge in [-0.2, -0.15) is 0 Å². The van der Waals surface area contributed by atoms with Gasteiger partial charge in [0.05, 0.1) is 24.1 Å². The molecule has 146 valence electrons. The van der Waals surface area contributed by atoms with E-state index in [-0.39, 0.29) is 5.56 Å². The van der Waals surface area contributed by atoms with E-state index in [1.54, 1.807) is 31.3 Å². The molecule has 0 radical (unpaired) electrons. The zero-order valence-corrected chi connectivity index (χ0v) is 15.9. The fraction of sp³-hybridized carbons (Fsp3) is 0.381. The van der Waals surface area contributed by atoms with Crippen LogP contribution >= 0.6 is 0 Å². The molecule has 1 aliphatic heterocycles. The summed E-state index contributed by atoms with van der Waals surface area (Å²) in [7, 11) is 1.47. The van der Waals surface area contributed by atoms with E-state index in [1.165, 1.54) is 13.2 Å². The van der Waals surface area contributed by atoms with Crippen LogP contribution in [0.3, 0.4) is 0 Å². The van der Waals surface area contributed by atoms with Crippen molar-refractivity contribution in [3.05, 3.63) is 47.3 Å². The summed E-state index contributed by atoms with van der Waals surface area (Å²) in [6.45, 7) is 3.65. The summed E-state index contributed by atoms with van der Waals surface area (Å²) in [6.07, 6.45) is 1.30. The number of benzene rings is 1. The maximum atomic E-state index is 13.7. The fourth-order valence-corrected chi connectivity index (χ4v) is 3.74. The monoisotopic (exact) mass is 384 g/mol. The van der Waals surface area contributed by atoms with Crippen LogP contribution in [-0.2, 0) is 0 Å². The molecule has 0 amide bonds. The lowest BCUT2D eigenvalue weighted by Gasteiger charge is -2.22. The Bertz CT molecular complexity index is 1000. The van der Waals surface area contributed by atoms with Crippen LogP contribution in [0.15, 0.2) is 30.5 Å². The highest BCUT2D eigenvalue weighted by Gasteiger charge is 2.22. The third-order valence-corrected chi connectivity index (χ3v) is 5.13. The molecule has 0 aliphatic carbocycles. The molecule has 7 heteroatoms. The minimum atomic E-state index is -2.63. The zero-order chi connectivity index (χ0) is 19.7. The Balaban J connectivity index is 1.83. The second-order valence-electron chi connectivity index (χ2n) is 7.11. The largest absolute Gasteiger partial charge is 0.496 e. The number of rotatable bonds is 4. The first-order chi connectivity index (χ1) is 13.6. The minimum Gasteiger partial charge on any atom is -0.496 e. The van der Waals surface area contributed by atoms with Crippen LogP contribution in [0.25, 0.3) is 22.4 Å². The number of aromatic nitrogens is 3. The molecule has 1 atom stereocenters. The van der Waals surface area contributed by atoms with Crippen LogP contribution in [0.1, 0.15) is 42.0 Å². The molecule has 0 unspecified atom stereocenters. The van der Waals surface area contributed by atoms with Crippen molar-refractivity contribution in [2.45, 2.75) is 32.1 Å². The van der Waals surface area contributed by atoms with E-state index in [1.807, 2.05) is 0 Å². The smallest absolute Gasteiger partial charge is 0.264 e. The number of aryl methyl sites for hydroxylation is 1. The first-order valence-corrected chi connectivity index (χ1v) is 9.38. The average molecular weight is 384 g/mol. The molecule has 4 rings (SSSR count). The molecule has 0 saturated carbocycles. The second-order valence-corrected chi connectivity index (χ2v) is 7.11. The Morgan fingerprint density at radius 3 is 2.79 bits per heavy atom. The number of ether oxygens (including phenoxy) is 1. The van der Waals surface area contributed by atoms with Crippen molar-refractivity contribution in [2.24, 2.45) is 0 Å². The van der Waals surface area contributed by atoms with Gasteiger partial charge in [-0.3, -0.25) is 4.98 Å². The number of methoxy groups -OCH3 is 1. The molecule has 5 nitrogen and oxygen atoms in total. The van der Waals surface area contributed by atoms with E-state index in [9.17, 15) is 8.78 Å². The number of piperidine rings is 1. The Labute approximate surface area is 162 Å². The van der Waals surface area contributed by atoms with Crippen molar-refractivity contribution >= 4 is 11.2 Å². The van der Waals surface area contributed by atoms with E-state index in [0.717, 1.165) is 31.6 Å². The molecular formula is C21H22F2N4O. The number of alkyl halides is 2. The molecule has 0 bridgehead atoms. The number of hydrogen-bond acceptors (Lipinski definition) is 5. The lowest BCUT2D eigenvalue weighted by atomic mass is 9.96. The number of halogens is 2. The van der Waals surface area contributed by atoms with Crippen LogP contribution in [-0.4, -0.2) is 35.2 Å². The van der Waals surface area contributed by atoms with Gasteiger partial charge in [-0.05, 0) is 56.1 Å². The lowest BCUT2D eigenvalue weighted by Crippen LogP contribution is -2.28. The first kappa shape index (κ1) is 18.7. The topological polar surface area (TPSA) is 59.9 Å². The number of hydrogen-bond donors (Lipinski definition) is 1. The van der Waals surface area contributed by atoms with Gasteiger partial charge in [0.25, 0.3) is 6.43 Å². The van der Waals surface area contributed by atoms with Gasteiger partial charge in [0, 0.05) is 24.2 Å². The highest BCUT2D eigenvalue weighted by molar-refractivity contribution is 5.79. The lowest BCUT2D eigenvalue weighted by molar-refractivity contribution is 0.151. The minimum absolute atomic E-state index is 0.0932. The summed E-state index contributed by atoms with van der Waals surface area (Å²) in [5, 5.41) is 3.37. The summed E-state index contributed by atoms with van der Waals surface area (Å²) < 4.78 is 32.8. The molecule has 1 N–H and O–H groups in total. The van der Waals surface area contributed by atoms with Crippen molar-refractivity contribution in [3.63, 3.8) is 0 Å². The Morgan fingerprint density at radius 2 is 2.07 bits per heavy atom. The molecule has 2 aromatic heterocycles. The van der Waals surface area contributed by atoms with Gasteiger partial charge in [-0.25, -0.2) is 18.7 Å². The van der Waals surface area contributed by atoms with Gasteiger partial charge in [0.1, 0.15) is 11.3 Å². The van der Waals surface area contributed by atoms with Crippen LogP contribution < -0.4 is 10.1 Å². The van der Waals surface area contributed by atoms with Gasteiger partial charge < -0.3 is 10.1 Å². The van der Waals surface area contributed by atoms with Crippen LogP contribution in [0.4, 0.5) is 8.78 Å². The maximum Gasteiger partial charge on any atom is 0.264 e. The molecule has 3 heterocycles. The summed E-state index contributed by atoms with van der Waals surface area (Å²) in [5.41, 5.74) is 3.32. The van der Waals surface area contributed by atoms with E-state index in [4.69, 9.17) is 9.72 Å². The Morgan fingerprint density at radius 1 is 1.21 bits per heavy atom. The molecule has 3 aromatic rings. The molecule has 28 heavy (non-hydrogen) atoms. The summed E-state index contributed by atoms with van der Waals surface area (Å²) in [6, 6.07) is 6.67. The SMILES string of the molecule is COc1cc(C)cc(C(F)F)c1-c1ccc2ncc([C@@H]3CCCNC3)nc2n1. The highest BCUT2D eigenvalue weighted by Crippen LogP contribution is 2.39. The summed E-state index contributed by atoms with van der Waals surface area (Å²) in [5.74, 6) is 0.671. The number of fused-ring (bicyclic) bond motifs is 1. The zero-order valence-electron chi connectivity index (χ0n) is 15.9. The van der Waals surface area contributed by atoms with Crippen molar-refractivity contribution in [1.29, 1.82) is 0 Å². The van der Waals surface area contributed by atoms with Crippen molar-refractivity contribution in [1.82, 2.24) is 20.3 Å². The first-order valence-electron chi connectivity index (χ1n) is 9.38. The van der Waals surface area contributed by atoms with Crippen molar-refractivity contribution in [3.8, 4) is 17.0 Å². The molecule has 1 aromatic carbocycles. The average Bonchev–Trinajstić information content (AvgIpc) is 2.72. The third kappa shape index (κ3) is 3.54. The van der Waals surface area contributed by atoms with E-state index in [0.29, 0.717) is 39.7 Å². The van der Waals surface area contributed by atoms with Crippen molar-refractivity contribution < 1.29 is 13.5 Å². The fourth-order valence-electron chi connectivity index (χ4n) is 3.74. The van der Waals surface area contributed by atoms with E-state index in [2.05, 4.69) is 15.3 Å². The third-order valence-electron chi connectivity index (χ3n) is 5.13. The molecular weight excluding hydrogens is 362 g/mol. The van der Waals surface area contributed by atoms with E-state index < -0.39 is 6.43 Å². The van der Waals surface area contributed by atoms with Crippen LogP contribution in [0, 0.1) is 6.92 Å². The van der Waals surface area contributed by atoms with Gasteiger partial charge in [0.15, 0.2) is 5.65 Å². The molecule has 1 saturated heterocycles. The Kier molecular flexibility index (Phi) is 5.17. The standard InChI is InChI=1S/C21H22F2N4O/c1-12-8-14(20(22)23)19(18(9-12)28-2)15-5-6-16-21(26-15)27-17(11-25-16)13-4-3-7-24-10-13/h5-6,8-9,11,13,20,24H,3-4,7,10H2,1-2H3/t13-/m1/s1. The summed E-state index contributed by atoms with van der Waals surface area (Å²) >= 11 is 0. The van der Waals surface area contributed by atoms with Gasteiger partial charge in [-0.15, -0.1) is 0 Å². The predicted octanol–water partition coefficient (Wildman–Crippen LogP) is 4.41. The van der Waals surface area contributed by atoms with Crippen LogP contribution in [0.5, 0.6) is 5.75 Å². The normalized spacial score (nSPS) is 17.2. The maximum absolute atomic E-state index is 13.7. The number of pyridine rings is 1. The van der Waals surface area contributed by atoms with Crippen molar-refractivity contribution in [2.75, 3.05) is 20.2 Å². The predicted molar refractivity (Wildman–Crippen MR) is 104 cm³/mol.